The fourth-order valence-corrected chi connectivity index (χ4v) is 1.78. The zero-order chi connectivity index (χ0) is 13.2. The van der Waals surface area contributed by atoms with Crippen LogP contribution in [0.25, 0.3) is 0 Å². The first-order valence-corrected chi connectivity index (χ1v) is 5.90. The number of likely N-dealkylation sites (N-methyl/N-ethyl adjacent to an activating group) is 1. The first kappa shape index (κ1) is 13.8. The van der Waals surface area contributed by atoms with Crippen LogP contribution in [0.2, 0.25) is 0 Å². The Kier molecular flexibility index (Phi) is 3.98. The summed E-state index contributed by atoms with van der Waals surface area (Å²) in [7, 11) is 1.88. The van der Waals surface area contributed by atoms with E-state index in [4.69, 9.17) is 0 Å². The molecule has 0 unspecified atom stereocenters. The van der Waals surface area contributed by atoms with E-state index in [2.05, 4.69) is 0 Å². The van der Waals surface area contributed by atoms with Gasteiger partial charge in [0.2, 0.25) is 0 Å². The van der Waals surface area contributed by atoms with Crippen LogP contribution in [-0.4, -0.2) is 39.2 Å². The molecule has 0 aliphatic heterocycles. The molecule has 0 aliphatic rings. The smallest absolute Gasteiger partial charge is 0.270 e. The predicted octanol–water partition coefficient (Wildman–Crippen LogP) is 1.57. The van der Waals surface area contributed by atoms with Crippen molar-refractivity contribution < 1.29 is 9.90 Å². The lowest BCUT2D eigenvalue weighted by Crippen LogP contribution is -2.42. The summed E-state index contributed by atoms with van der Waals surface area (Å²) in [5.74, 6) is -0.0368. The van der Waals surface area contributed by atoms with Gasteiger partial charge in [-0.1, -0.05) is 0 Å². The SMILES string of the molecule is CCN(CC(C)(C)O)C(=O)c1ccc(C)n1C. The molecule has 0 saturated heterocycles. The lowest BCUT2D eigenvalue weighted by Gasteiger charge is -2.28. The Morgan fingerprint density at radius 2 is 2.06 bits per heavy atom. The number of rotatable bonds is 4. The Bertz CT molecular complexity index is 402. The van der Waals surface area contributed by atoms with Gasteiger partial charge in [0.1, 0.15) is 5.69 Å². The van der Waals surface area contributed by atoms with Crippen molar-refractivity contribution in [2.24, 2.45) is 7.05 Å². The summed E-state index contributed by atoms with van der Waals surface area (Å²) in [6.07, 6.45) is 0. The van der Waals surface area contributed by atoms with E-state index in [0.29, 0.717) is 18.8 Å². The van der Waals surface area contributed by atoms with Gasteiger partial charge in [0.25, 0.3) is 5.91 Å². The largest absolute Gasteiger partial charge is 0.389 e. The molecule has 1 N–H and O–H groups in total. The third kappa shape index (κ3) is 3.33. The highest BCUT2D eigenvalue weighted by atomic mass is 16.3. The lowest BCUT2D eigenvalue weighted by molar-refractivity contribution is 0.0309. The molecule has 1 heterocycles. The first-order chi connectivity index (χ1) is 7.76. The number of hydrogen-bond acceptors (Lipinski definition) is 2. The van der Waals surface area contributed by atoms with Gasteiger partial charge in [0, 0.05) is 25.8 Å². The molecule has 0 atom stereocenters. The third-order valence-electron chi connectivity index (χ3n) is 2.84. The van der Waals surface area contributed by atoms with Crippen LogP contribution >= 0.6 is 0 Å². The van der Waals surface area contributed by atoms with Crippen LogP contribution in [0.5, 0.6) is 0 Å². The number of carbonyl (C=O) groups excluding carboxylic acids is 1. The average molecular weight is 238 g/mol. The summed E-state index contributed by atoms with van der Waals surface area (Å²) in [4.78, 5) is 13.9. The summed E-state index contributed by atoms with van der Waals surface area (Å²) < 4.78 is 1.87. The molecule has 4 heteroatoms. The van der Waals surface area contributed by atoms with Crippen molar-refractivity contribution in [3.8, 4) is 0 Å². The summed E-state index contributed by atoms with van der Waals surface area (Å²) in [6.45, 7) is 8.22. The molecule has 0 aliphatic carbocycles. The van der Waals surface area contributed by atoms with Gasteiger partial charge in [-0.25, -0.2) is 0 Å². The van der Waals surface area contributed by atoms with Gasteiger partial charge in [-0.2, -0.15) is 0 Å². The molecular weight excluding hydrogens is 216 g/mol. The summed E-state index contributed by atoms with van der Waals surface area (Å²) >= 11 is 0. The van der Waals surface area contributed by atoms with Crippen LogP contribution in [-0.2, 0) is 7.05 Å². The number of carbonyl (C=O) groups is 1. The monoisotopic (exact) mass is 238 g/mol. The number of aryl methyl sites for hydroxylation is 1. The second-order valence-electron chi connectivity index (χ2n) is 5.05. The van der Waals surface area contributed by atoms with Gasteiger partial charge in [0.05, 0.1) is 5.60 Å². The molecule has 0 radical (unpaired) electrons. The summed E-state index contributed by atoms with van der Waals surface area (Å²) in [5.41, 5.74) is 0.840. The minimum atomic E-state index is -0.869. The minimum absolute atomic E-state index is 0.0368. The van der Waals surface area contributed by atoms with Crippen molar-refractivity contribution in [1.82, 2.24) is 9.47 Å². The number of amides is 1. The Balaban J connectivity index is 2.91. The van der Waals surface area contributed by atoms with Gasteiger partial charge in [-0.3, -0.25) is 4.79 Å². The molecule has 4 nitrogen and oxygen atoms in total. The standard InChI is InChI=1S/C13H22N2O2/c1-6-15(9-13(3,4)17)12(16)11-8-7-10(2)14(11)5/h7-8,17H,6,9H2,1-5H3. The van der Waals surface area contributed by atoms with Gasteiger partial charge in [0.15, 0.2) is 0 Å². The number of hydrogen-bond donors (Lipinski definition) is 1. The van der Waals surface area contributed by atoms with E-state index in [1.165, 1.54) is 0 Å². The highest BCUT2D eigenvalue weighted by Crippen LogP contribution is 2.12. The van der Waals surface area contributed by atoms with Gasteiger partial charge in [-0.15, -0.1) is 0 Å². The molecule has 96 valence electrons. The molecule has 0 spiro atoms. The van der Waals surface area contributed by atoms with Crippen LogP contribution in [0.1, 0.15) is 37.0 Å². The summed E-state index contributed by atoms with van der Waals surface area (Å²) in [5, 5.41) is 9.79. The maximum Gasteiger partial charge on any atom is 0.270 e. The molecule has 1 aromatic rings. The van der Waals surface area contributed by atoms with Crippen molar-refractivity contribution >= 4 is 5.91 Å². The van der Waals surface area contributed by atoms with Crippen molar-refractivity contribution in [1.29, 1.82) is 0 Å². The third-order valence-corrected chi connectivity index (χ3v) is 2.84. The minimum Gasteiger partial charge on any atom is -0.389 e. The van der Waals surface area contributed by atoms with E-state index in [0.717, 1.165) is 5.69 Å². The molecule has 1 aromatic heterocycles. The van der Waals surface area contributed by atoms with E-state index in [1.54, 1.807) is 18.7 Å². The first-order valence-electron chi connectivity index (χ1n) is 5.90. The fraction of sp³-hybridized carbons (Fsp3) is 0.615. The zero-order valence-electron chi connectivity index (χ0n) is 11.3. The number of nitrogens with zero attached hydrogens (tertiary/aromatic N) is 2. The van der Waals surface area contributed by atoms with Crippen LogP contribution in [0.4, 0.5) is 0 Å². The highest BCUT2D eigenvalue weighted by Gasteiger charge is 2.23. The molecular formula is C13H22N2O2. The Morgan fingerprint density at radius 1 is 1.47 bits per heavy atom. The quantitative estimate of drug-likeness (QED) is 0.865. The Labute approximate surface area is 103 Å². The van der Waals surface area contributed by atoms with Crippen LogP contribution in [0.3, 0.4) is 0 Å². The number of aromatic nitrogens is 1. The topological polar surface area (TPSA) is 45.5 Å². The maximum atomic E-state index is 12.3. The van der Waals surface area contributed by atoms with Gasteiger partial charge in [-0.05, 0) is 39.8 Å². The Hall–Kier alpha value is -1.29. The maximum absolute atomic E-state index is 12.3. The van der Waals surface area contributed by atoms with Crippen LogP contribution in [0.15, 0.2) is 12.1 Å². The fourth-order valence-electron chi connectivity index (χ4n) is 1.78. The Morgan fingerprint density at radius 3 is 2.41 bits per heavy atom. The van der Waals surface area contributed by atoms with E-state index < -0.39 is 5.60 Å². The molecule has 0 aromatic carbocycles. The molecule has 0 fully saturated rings. The zero-order valence-corrected chi connectivity index (χ0v) is 11.3. The molecule has 1 rings (SSSR count). The van der Waals surface area contributed by atoms with Gasteiger partial charge >= 0.3 is 0 Å². The second kappa shape index (κ2) is 4.92. The highest BCUT2D eigenvalue weighted by molar-refractivity contribution is 5.93. The molecule has 17 heavy (non-hydrogen) atoms. The van der Waals surface area contributed by atoms with Crippen molar-refractivity contribution in [2.75, 3.05) is 13.1 Å². The summed E-state index contributed by atoms with van der Waals surface area (Å²) in [6, 6.07) is 3.75. The van der Waals surface area contributed by atoms with Crippen molar-refractivity contribution in [3.63, 3.8) is 0 Å². The van der Waals surface area contributed by atoms with E-state index in [1.807, 2.05) is 37.6 Å². The predicted molar refractivity (Wildman–Crippen MR) is 68.0 cm³/mol. The second-order valence-corrected chi connectivity index (χ2v) is 5.05. The van der Waals surface area contributed by atoms with E-state index in [9.17, 15) is 9.90 Å². The average Bonchev–Trinajstić information content (AvgIpc) is 2.54. The lowest BCUT2D eigenvalue weighted by atomic mass is 10.1. The van der Waals surface area contributed by atoms with Crippen LogP contribution in [0, 0.1) is 6.92 Å². The molecule has 0 saturated carbocycles. The van der Waals surface area contributed by atoms with E-state index >= 15 is 0 Å². The number of aliphatic hydroxyl groups is 1. The normalized spacial score (nSPS) is 11.6. The van der Waals surface area contributed by atoms with E-state index in [-0.39, 0.29) is 5.91 Å². The van der Waals surface area contributed by atoms with Crippen molar-refractivity contribution in [3.05, 3.63) is 23.5 Å². The molecule has 0 bridgehead atoms. The van der Waals surface area contributed by atoms with Gasteiger partial charge < -0.3 is 14.6 Å². The van der Waals surface area contributed by atoms with Crippen molar-refractivity contribution in [2.45, 2.75) is 33.3 Å². The van der Waals surface area contributed by atoms with Crippen LogP contribution < -0.4 is 0 Å². The molecule has 1 amide bonds.